The van der Waals surface area contributed by atoms with E-state index in [1.165, 1.54) is 12.1 Å². The highest BCUT2D eigenvalue weighted by molar-refractivity contribution is 7.80. The molecular weight excluding hydrogens is 555 g/mol. The number of aromatic nitrogens is 1. The number of nitrogens with zero attached hydrogens (tertiary/aromatic N) is 1. The average Bonchev–Trinajstić information content (AvgIpc) is 2.96. The zero-order valence-electron chi connectivity index (χ0n) is 21.2. The van der Waals surface area contributed by atoms with Crippen LogP contribution in [0.5, 0.6) is 0 Å². The minimum Gasteiger partial charge on any atom is -0.256 e. The van der Waals surface area contributed by atoms with Gasteiger partial charge in [-0.05, 0) is 70.3 Å². The quantitative estimate of drug-likeness (QED) is 0.151. The van der Waals surface area contributed by atoms with E-state index in [0.717, 1.165) is 45.8 Å². The Morgan fingerprint density at radius 1 is 0.512 bits per heavy atom. The van der Waals surface area contributed by atoms with Crippen LogP contribution in [-0.4, -0.2) is 4.98 Å². The normalized spacial score (nSPS) is 12.4. The van der Waals surface area contributed by atoms with Gasteiger partial charge in [-0.2, -0.15) is 26.3 Å². The smallest absolute Gasteiger partial charge is 0.256 e. The lowest BCUT2D eigenvalue weighted by atomic mass is 9.98. The van der Waals surface area contributed by atoms with Gasteiger partial charge in [-0.25, -0.2) is 0 Å². The number of rotatable bonds is 4. The Bertz CT molecular complexity index is 1830. The third-order valence-corrected chi connectivity index (χ3v) is 9.37. The molecule has 0 radical (unpaired) electrons. The fourth-order valence-electron chi connectivity index (χ4n) is 5.08. The van der Waals surface area contributed by atoms with Crippen LogP contribution in [0.1, 0.15) is 11.1 Å². The third kappa shape index (κ3) is 5.18. The minimum absolute atomic E-state index is 0.283. The number of hydrogen-bond acceptors (Lipinski definition) is 1. The molecule has 0 saturated heterocycles. The van der Waals surface area contributed by atoms with Crippen molar-refractivity contribution < 1.29 is 26.3 Å². The summed E-state index contributed by atoms with van der Waals surface area (Å²) >= 11 is 0. The Kier molecular flexibility index (Phi) is 6.79. The Morgan fingerprint density at radius 3 is 1.63 bits per heavy atom. The number of benzene rings is 5. The molecule has 0 N–H and O–H groups in total. The summed E-state index contributed by atoms with van der Waals surface area (Å²) in [5, 5.41) is 4.61. The predicted octanol–water partition coefficient (Wildman–Crippen LogP) is 8.85. The van der Waals surface area contributed by atoms with Gasteiger partial charge < -0.3 is 0 Å². The molecule has 204 valence electrons. The number of halogens is 6. The second-order valence-electron chi connectivity index (χ2n) is 9.49. The molecule has 6 aromatic rings. The van der Waals surface area contributed by atoms with Crippen LogP contribution in [0.3, 0.4) is 0 Å². The molecule has 1 heterocycles. The summed E-state index contributed by atoms with van der Waals surface area (Å²) in [6.07, 6.45) is -7.57. The van der Waals surface area contributed by atoms with Crippen LogP contribution in [-0.2, 0) is 12.4 Å². The SMILES string of the molecule is FC(F)(F)c1cccc(P(c2cccc(C(F)(F)F)c2)c2ccc3ccccc3c2-c2nccc3ccccc23)c1. The molecule has 0 aliphatic carbocycles. The van der Waals surface area contributed by atoms with Gasteiger partial charge in [0.15, 0.2) is 0 Å². The van der Waals surface area contributed by atoms with Gasteiger partial charge in [-0.1, -0.05) is 84.9 Å². The highest BCUT2D eigenvalue weighted by atomic mass is 31.1. The van der Waals surface area contributed by atoms with Crippen molar-refractivity contribution in [3.8, 4) is 11.3 Å². The summed E-state index contributed by atoms with van der Waals surface area (Å²) in [5.74, 6) is 0. The number of hydrogen-bond donors (Lipinski definition) is 0. The van der Waals surface area contributed by atoms with E-state index in [0.29, 0.717) is 16.6 Å². The van der Waals surface area contributed by atoms with Crippen molar-refractivity contribution in [3.63, 3.8) is 0 Å². The van der Waals surface area contributed by atoms with Crippen LogP contribution in [0.4, 0.5) is 26.3 Å². The van der Waals surface area contributed by atoms with Crippen LogP contribution in [0, 0.1) is 0 Å². The molecule has 0 aliphatic rings. The van der Waals surface area contributed by atoms with E-state index in [2.05, 4.69) is 0 Å². The number of pyridine rings is 1. The van der Waals surface area contributed by atoms with Crippen molar-refractivity contribution in [2.75, 3.05) is 0 Å². The van der Waals surface area contributed by atoms with Gasteiger partial charge in [0.05, 0.1) is 16.8 Å². The molecule has 0 atom stereocenters. The Labute approximate surface area is 232 Å². The molecule has 0 aliphatic heterocycles. The zero-order valence-corrected chi connectivity index (χ0v) is 22.1. The summed E-state index contributed by atoms with van der Waals surface area (Å²) < 4.78 is 83.0. The Balaban J connectivity index is 1.72. The van der Waals surface area contributed by atoms with Gasteiger partial charge in [0.1, 0.15) is 0 Å². The van der Waals surface area contributed by atoms with Crippen molar-refractivity contribution in [2.45, 2.75) is 12.4 Å². The van der Waals surface area contributed by atoms with E-state index >= 15 is 0 Å². The van der Waals surface area contributed by atoms with Gasteiger partial charge in [0.2, 0.25) is 0 Å². The first-order chi connectivity index (χ1) is 19.6. The topological polar surface area (TPSA) is 12.9 Å². The highest BCUT2D eigenvalue weighted by Gasteiger charge is 2.34. The fourth-order valence-corrected chi connectivity index (χ4v) is 7.62. The maximum Gasteiger partial charge on any atom is 0.416 e. The molecule has 0 spiro atoms. The van der Waals surface area contributed by atoms with Crippen molar-refractivity contribution in [2.24, 2.45) is 0 Å². The summed E-state index contributed by atoms with van der Waals surface area (Å²) in [4.78, 5) is 4.72. The minimum atomic E-state index is -4.62. The molecule has 0 fully saturated rings. The molecule has 8 heteroatoms. The zero-order chi connectivity index (χ0) is 28.8. The van der Waals surface area contributed by atoms with Gasteiger partial charge in [-0.3, -0.25) is 4.98 Å². The molecule has 1 aromatic heterocycles. The first-order valence-electron chi connectivity index (χ1n) is 12.6. The third-order valence-electron chi connectivity index (χ3n) is 6.92. The molecule has 1 nitrogen and oxygen atoms in total. The second kappa shape index (κ2) is 10.3. The van der Waals surface area contributed by atoms with Crippen molar-refractivity contribution in [1.82, 2.24) is 4.98 Å². The molecule has 0 bridgehead atoms. The first kappa shape index (κ1) is 27.0. The summed E-state index contributed by atoms with van der Waals surface area (Å²) in [5.41, 5.74) is -0.428. The molecule has 0 unspecified atom stereocenters. The number of alkyl halides is 6. The first-order valence-corrected chi connectivity index (χ1v) is 14.0. The van der Waals surface area contributed by atoms with Gasteiger partial charge in [-0.15, -0.1) is 0 Å². The molecule has 6 rings (SSSR count). The van der Waals surface area contributed by atoms with Crippen LogP contribution in [0.25, 0.3) is 32.8 Å². The average molecular weight is 575 g/mol. The van der Waals surface area contributed by atoms with Crippen LogP contribution >= 0.6 is 7.92 Å². The maximum atomic E-state index is 13.8. The number of fused-ring (bicyclic) bond motifs is 2. The van der Waals surface area contributed by atoms with Gasteiger partial charge >= 0.3 is 12.4 Å². The van der Waals surface area contributed by atoms with Crippen LogP contribution in [0.2, 0.25) is 0 Å². The van der Waals surface area contributed by atoms with Crippen molar-refractivity contribution in [1.29, 1.82) is 0 Å². The summed E-state index contributed by atoms with van der Waals surface area (Å²) in [7, 11) is -1.89. The highest BCUT2D eigenvalue weighted by Crippen LogP contribution is 2.43. The van der Waals surface area contributed by atoms with Gasteiger partial charge in [0, 0.05) is 17.1 Å². The summed E-state index contributed by atoms with van der Waals surface area (Å²) in [6.45, 7) is 0. The van der Waals surface area contributed by atoms with Crippen LogP contribution < -0.4 is 15.9 Å². The van der Waals surface area contributed by atoms with Crippen molar-refractivity contribution >= 4 is 45.4 Å². The largest absolute Gasteiger partial charge is 0.416 e. The maximum absolute atomic E-state index is 13.8. The van der Waals surface area contributed by atoms with E-state index < -0.39 is 31.4 Å². The summed E-state index contributed by atoms with van der Waals surface area (Å²) in [6, 6.07) is 30.5. The molecule has 5 aromatic carbocycles. The van der Waals surface area contributed by atoms with E-state index in [1.54, 1.807) is 18.3 Å². The molecular formula is C33H20F6NP. The Hall–Kier alpha value is -4.22. The van der Waals surface area contributed by atoms with E-state index in [9.17, 15) is 26.3 Å². The Morgan fingerprint density at radius 2 is 1.05 bits per heavy atom. The van der Waals surface area contributed by atoms with E-state index in [4.69, 9.17) is 4.98 Å². The van der Waals surface area contributed by atoms with E-state index in [-0.39, 0.29) is 10.6 Å². The molecule has 41 heavy (non-hydrogen) atoms. The lowest BCUT2D eigenvalue weighted by Crippen LogP contribution is -2.24. The van der Waals surface area contributed by atoms with Crippen LogP contribution in [0.15, 0.2) is 121 Å². The lowest BCUT2D eigenvalue weighted by Gasteiger charge is -2.25. The van der Waals surface area contributed by atoms with E-state index in [1.807, 2.05) is 66.7 Å². The monoisotopic (exact) mass is 575 g/mol. The van der Waals surface area contributed by atoms with Crippen molar-refractivity contribution in [3.05, 3.63) is 133 Å². The fraction of sp³-hybridized carbons (Fsp3) is 0.0606. The lowest BCUT2D eigenvalue weighted by molar-refractivity contribution is -0.138. The van der Waals surface area contributed by atoms with Gasteiger partial charge in [0.25, 0.3) is 0 Å². The standard InChI is InChI=1S/C33H20F6NP/c34-32(35,36)23-9-5-11-25(19-23)41(26-12-6-10-24(20-26)33(37,38)39)29-16-15-21-7-1-3-13-27(21)30(29)31-28-14-4-2-8-22(28)17-18-40-31/h1-20H. The second-order valence-corrected chi connectivity index (χ2v) is 11.7. The molecule has 0 amide bonds. The predicted molar refractivity (Wildman–Crippen MR) is 153 cm³/mol. The molecule has 0 saturated carbocycles.